The van der Waals surface area contributed by atoms with Crippen LogP contribution in [0, 0.1) is 0 Å². The van der Waals surface area contributed by atoms with Crippen molar-refractivity contribution >= 4 is 21.6 Å². The van der Waals surface area contributed by atoms with E-state index >= 15 is 0 Å². The molecule has 2 rings (SSSR count). The van der Waals surface area contributed by atoms with Crippen molar-refractivity contribution in [3.8, 4) is 5.75 Å². The third-order valence-corrected chi connectivity index (χ3v) is 2.97. The first-order valence-corrected chi connectivity index (χ1v) is 6.64. The normalized spacial score (nSPS) is 11.2. The van der Waals surface area contributed by atoms with Gasteiger partial charge < -0.3 is 14.8 Å². The number of rotatable bonds is 3. The van der Waals surface area contributed by atoms with Crippen LogP contribution in [0.5, 0.6) is 5.75 Å². The molecule has 0 saturated carbocycles. The van der Waals surface area contributed by atoms with Crippen LogP contribution < -0.4 is 10.5 Å². The van der Waals surface area contributed by atoms with Crippen molar-refractivity contribution in [2.45, 2.75) is 5.09 Å². The molecule has 0 aliphatic rings. The Morgan fingerprint density at radius 3 is 2.58 bits per heavy atom. The summed E-state index contributed by atoms with van der Waals surface area (Å²) in [4.78, 5) is 11.7. The molecule has 0 aliphatic heterocycles. The standard InChI is InChI=1S/C11H10N2O5S/c12-19(16,17)10-5-4-9(18-10)11(15)13-7-2-1-3-8(14)6-7/h1-6,14H,(H,13,15)(H2,12,16,17). The van der Waals surface area contributed by atoms with Crippen LogP contribution in [0.1, 0.15) is 10.6 Å². The van der Waals surface area contributed by atoms with Crippen LogP contribution in [-0.2, 0) is 10.0 Å². The second-order valence-electron chi connectivity index (χ2n) is 3.67. The largest absolute Gasteiger partial charge is 0.508 e. The number of phenolic OH excluding ortho intramolecular Hbond substituents is 1. The quantitative estimate of drug-likeness (QED) is 0.771. The summed E-state index contributed by atoms with van der Waals surface area (Å²) in [6, 6.07) is 8.16. The highest BCUT2D eigenvalue weighted by molar-refractivity contribution is 7.89. The van der Waals surface area contributed by atoms with Crippen molar-refractivity contribution in [2.24, 2.45) is 5.14 Å². The second kappa shape index (κ2) is 4.75. The van der Waals surface area contributed by atoms with Crippen LogP contribution >= 0.6 is 0 Å². The molecule has 0 bridgehead atoms. The smallest absolute Gasteiger partial charge is 0.291 e. The first kappa shape index (κ1) is 13.1. The van der Waals surface area contributed by atoms with Crippen molar-refractivity contribution in [1.29, 1.82) is 0 Å². The maximum absolute atomic E-state index is 11.7. The zero-order chi connectivity index (χ0) is 14.0. The highest BCUT2D eigenvalue weighted by atomic mass is 32.2. The lowest BCUT2D eigenvalue weighted by Gasteiger charge is -2.03. The average molecular weight is 282 g/mol. The molecule has 0 saturated heterocycles. The van der Waals surface area contributed by atoms with Gasteiger partial charge in [-0.15, -0.1) is 0 Å². The van der Waals surface area contributed by atoms with Gasteiger partial charge in [0.25, 0.3) is 15.9 Å². The molecule has 0 aliphatic carbocycles. The van der Waals surface area contributed by atoms with E-state index in [0.29, 0.717) is 5.69 Å². The Bertz CT molecular complexity index is 720. The minimum Gasteiger partial charge on any atom is -0.508 e. The number of primary sulfonamides is 1. The lowest BCUT2D eigenvalue weighted by atomic mass is 10.3. The summed E-state index contributed by atoms with van der Waals surface area (Å²) in [5.74, 6) is -0.865. The first-order valence-electron chi connectivity index (χ1n) is 5.09. The van der Waals surface area contributed by atoms with Crippen molar-refractivity contribution in [3.05, 3.63) is 42.2 Å². The van der Waals surface area contributed by atoms with Gasteiger partial charge in [-0.2, -0.15) is 0 Å². The number of aromatic hydroxyl groups is 1. The zero-order valence-corrected chi connectivity index (χ0v) is 10.3. The van der Waals surface area contributed by atoms with Gasteiger partial charge in [0.2, 0.25) is 5.09 Å². The molecular formula is C11H10N2O5S. The molecule has 100 valence electrons. The fourth-order valence-electron chi connectivity index (χ4n) is 1.37. The molecule has 0 atom stereocenters. The number of nitrogens with one attached hydrogen (secondary N) is 1. The van der Waals surface area contributed by atoms with Gasteiger partial charge in [-0.1, -0.05) is 6.07 Å². The lowest BCUT2D eigenvalue weighted by molar-refractivity contribution is 0.0991. The van der Waals surface area contributed by atoms with Crippen molar-refractivity contribution in [1.82, 2.24) is 0 Å². The van der Waals surface area contributed by atoms with E-state index in [1.165, 1.54) is 18.2 Å². The van der Waals surface area contributed by atoms with E-state index in [4.69, 9.17) is 9.56 Å². The number of sulfonamides is 1. The minimum absolute atomic E-state index is 0.0116. The summed E-state index contributed by atoms with van der Waals surface area (Å²) < 4.78 is 26.8. The third-order valence-electron chi connectivity index (χ3n) is 2.19. The van der Waals surface area contributed by atoms with Gasteiger partial charge in [0, 0.05) is 11.8 Å². The molecule has 0 spiro atoms. The lowest BCUT2D eigenvalue weighted by Crippen LogP contribution is -2.12. The molecule has 0 fully saturated rings. The molecule has 2 aromatic rings. The number of hydrogen-bond acceptors (Lipinski definition) is 5. The van der Waals surface area contributed by atoms with Crippen molar-refractivity contribution in [2.75, 3.05) is 5.32 Å². The predicted octanol–water partition coefficient (Wildman–Crippen LogP) is 0.885. The average Bonchev–Trinajstić information content (AvgIpc) is 2.77. The number of furan rings is 1. The Morgan fingerprint density at radius 2 is 2.00 bits per heavy atom. The van der Waals surface area contributed by atoms with E-state index in [2.05, 4.69) is 5.32 Å². The maximum Gasteiger partial charge on any atom is 0.291 e. The molecule has 1 aromatic heterocycles. The number of anilines is 1. The maximum atomic E-state index is 11.7. The Balaban J connectivity index is 2.19. The Hall–Kier alpha value is -2.32. The van der Waals surface area contributed by atoms with Gasteiger partial charge in [-0.25, -0.2) is 13.6 Å². The molecule has 8 heteroatoms. The molecule has 19 heavy (non-hydrogen) atoms. The van der Waals surface area contributed by atoms with Crippen molar-refractivity contribution < 1.29 is 22.7 Å². The van der Waals surface area contributed by atoms with Crippen LogP contribution in [0.3, 0.4) is 0 Å². The fourth-order valence-corrected chi connectivity index (χ4v) is 1.84. The SMILES string of the molecule is NS(=O)(=O)c1ccc(C(=O)Nc2cccc(O)c2)o1. The Labute approximate surface area is 108 Å². The molecule has 1 amide bonds. The van der Waals surface area contributed by atoms with Gasteiger partial charge >= 0.3 is 0 Å². The number of carbonyl (C=O) groups excluding carboxylic acids is 1. The fraction of sp³-hybridized carbons (Fsp3) is 0. The van der Waals surface area contributed by atoms with Crippen LogP contribution in [0.2, 0.25) is 0 Å². The summed E-state index contributed by atoms with van der Waals surface area (Å²) in [6.07, 6.45) is 0. The number of phenols is 1. The number of nitrogens with two attached hydrogens (primary N) is 1. The Kier molecular flexibility index (Phi) is 3.28. The van der Waals surface area contributed by atoms with Crippen LogP contribution in [-0.4, -0.2) is 19.4 Å². The van der Waals surface area contributed by atoms with E-state index in [-0.39, 0.29) is 11.5 Å². The summed E-state index contributed by atoms with van der Waals surface area (Å²) in [5, 5.41) is 16.0. The highest BCUT2D eigenvalue weighted by Crippen LogP contribution is 2.18. The molecule has 1 heterocycles. The summed E-state index contributed by atoms with van der Waals surface area (Å²) in [6.45, 7) is 0. The third kappa shape index (κ3) is 3.12. The van der Waals surface area contributed by atoms with Crippen LogP contribution in [0.4, 0.5) is 5.69 Å². The van der Waals surface area contributed by atoms with E-state index in [0.717, 1.165) is 6.07 Å². The van der Waals surface area contributed by atoms with Gasteiger partial charge in [0.1, 0.15) is 5.75 Å². The molecule has 4 N–H and O–H groups in total. The highest BCUT2D eigenvalue weighted by Gasteiger charge is 2.17. The van der Waals surface area contributed by atoms with E-state index in [9.17, 15) is 18.3 Å². The molecule has 1 aromatic carbocycles. The molecule has 7 nitrogen and oxygen atoms in total. The zero-order valence-electron chi connectivity index (χ0n) is 9.53. The van der Waals surface area contributed by atoms with Crippen molar-refractivity contribution in [3.63, 3.8) is 0 Å². The minimum atomic E-state index is -3.98. The molecule has 0 radical (unpaired) electrons. The predicted molar refractivity (Wildman–Crippen MR) is 66.1 cm³/mol. The Morgan fingerprint density at radius 1 is 1.26 bits per heavy atom. The van der Waals surface area contributed by atoms with E-state index in [1.54, 1.807) is 12.1 Å². The van der Waals surface area contributed by atoms with E-state index < -0.39 is 21.0 Å². The van der Waals surface area contributed by atoms with Crippen LogP contribution in [0.25, 0.3) is 0 Å². The van der Waals surface area contributed by atoms with Gasteiger partial charge in [0.15, 0.2) is 5.76 Å². The summed E-state index contributed by atoms with van der Waals surface area (Å²) in [5.41, 5.74) is 0.346. The first-order chi connectivity index (χ1) is 8.86. The number of carbonyl (C=O) groups is 1. The van der Waals surface area contributed by atoms with Crippen LogP contribution in [0.15, 0.2) is 45.9 Å². The van der Waals surface area contributed by atoms with E-state index in [1.807, 2.05) is 0 Å². The second-order valence-corrected chi connectivity index (χ2v) is 5.16. The molecular weight excluding hydrogens is 272 g/mol. The monoisotopic (exact) mass is 282 g/mol. The number of amides is 1. The summed E-state index contributed by atoms with van der Waals surface area (Å²) in [7, 11) is -3.98. The van der Waals surface area contributed by atoms with Gasteiger partial charge in [-0.05, 0) is 24.3 Å². The molecule has 0 unspecified atom stereocenters. The van der Waals surface area contributed by atoms with Gasteiger partial charge in [0.05, 0.1) is 0 Å². The number of hydrogen-bond donors (Lipinski definition) is 3. The number of benzene rings is 1. The topological polar surface area (TPSA) is 123 Å². The summed E-state index contributed by atoms with van der Waals surface area (Å²) >= 11 is 0. The van der Waals surface area contributed by atoms with Gasteiger partial charge in [-0.3, -0.25) is 4.79 Å².